The number of hydrogen-bond acceptors (Lipinski definition) is 10. The second kappa shape index (κ2) is 10.2. The highest BCUT2D eigenvalue weighted by molar-refractivity contribution is 5.81. The highest BCUT2D eigenvalue weighted by Gasteiger charge is 2.55. The second-order valence-corrected chi connectivity index (χ2v) is 7.44. The molecule has 10 atom stereocenters. The minimum Gasteiger partial charge on any atom is -0.394 e. The Hall–Kier alpha value is -0.890. The van der Waals surface area contributed by atoms with Crippen molar-refractivity contribution >= 4 is 5.91 Å². The zero-order chi connectivity index (χ0) is 21.0. The molecule has 0 aromatic heterocycles. The highest BCUT2D eigenvalue weighted by atomic mass is 16.8. The maximum atomic E-state index is 11.8. The topological polar surface area (TPSA) is 176 Å². The number of carbonyl (C=O) groups excluding carboxylic acids is 1. The number of aliphatic hydroxyl groups excluding tert-OH is 4. The monoisotopic (exact) mass is 407 g/mol. The zero-order valence-corrected chi connectivity index (χ0v) is 16.4. The molecule has 28 heavy (non-hydrogen) atoms. The van der Waals surface area contributed by atoms with Gasteiger partial charge in [-0.15, -0.1) is 0 Å². The molecular formula is C17H33N3O8. The van der Waals surface area contributed by atoms with E-state index in [4.69, 9.17) is 19.9 Å². The fraction of sp³-hybridized carbons (Fsp3) is 0.941. The summed E-state index contributed by atoms with van der Waals surface area (Å²) in [6, 6.07) is -1.94. The van der Waals surface area contributed by atoms with Gasteiger partial charge in [0, 0.05) is 5.92 Å². The van der Waals surface area contributed by atoms with Crippen molar-refractivity contribution in [3.05, 3.63) is 0 Å². The van der Waals surface area contributed by atoms with Gasteiger partial charge in [-0.2, -0.15) is 0 Å². The Morgan fingerprint density at radius 2 is 2.00 bits per heavy atom. The van der Waals surface area contributed by atoms with Crippen LogP contribution in [-0.2, 0) is 19.0 Å². The van der Waals surface area contributed by atoms with Crippen molar-refractivity contribution in [3.63, 3.8) is 0 Å². The maximum Gasteiger partial charge on any atom is 0.236 e. The van der Waals surface area contributed by atoms with E-state index in [2.05, 4.69) is 10.6 Å². The van der Waals surface area contributed by atoms with Crippen LogP contribution in [0.1, 0.15) is 20.3 Å². The summed E-state index contributed by atoms with van der Waals surface area (Å²) in [7, 11) is 1.65. The lowest BCUT2D eigenvalue weighted by molar-refractivity contribution is -0.313. The van der Waals surface area contributed by atoms with Crippen LogP contribution in [0.4, 0.5) is 0 Å². The Bertz CT molecular complexity index is 511. The lowest BCUT2D eigenvalue weighted by Crippen LogP contribution is -2.57. The number of likely N-dealkylation sites (N-methyl/N-ethyl adjacent to an activating group) is 1. The molecule has 11 nitrogen and oxygen atoms in total. The van der Waals surface area contributed by atoms with Crippen molar-refractivity contribution in [1.29, 1.82) is 0 Å². The van der Waals surface area contributed by atoms with Gasteiger partial charge in [-0.1, -0.05) is 0 Å². The van der Waals surface area contributed by atoms with Crippen molar-refractivity contribution in [2.24, 2.45) is 11.7 Å². The van der Waals surface area contributed by atoms with E-state index in [1.54, 1.807) is 14.0 Å². The van der Waals surface area contributed by atoms with Crippen molar-refractivity contribution in [3.8, 4) is 0 Å². The number of fused-ring (bicyclic) bond motifs is 1. The van der Waals surface area contributed by atoms with E-state index in [9.17, 15) is 25.2 Å². The number of nitrogens with two attached hydrogens (primary N) is 1. The van der Waals surface area contributed by atoms with Crippen molar-refractivity contribution in [2.75, 3.05) is 20.3 Å². The molecule has 0 spiro atoms. The number of carbonyl (C=O) groups is 1. The van der Waals surface area contributed by atoms with E-state index in [1.807, 2.05) is 0 Å². The van der Waals surface area contributed by atoms with E-state index >= 15 is 0 Å². The normalized spacial score (nSPS) is 34.6. The predicted molar refractivity (Wildman–Crippen MR) is 96.8 cm³/mol. The maximum absolute atomic E-state index is 11.8. The van der Waals surface area contributed by atoms with Gasteiger partial charge in [0.1, 0.15) is 12.2 Å². The summed E-state index contributed by atoms with van der Waals surface area (Å²) < 4.78 is 17.1. The second-order valence-electron chi connectivity index (χ2n) is 7.44. The average molecular weight is 407 g/mol. The van der Waals surface area contributed by atoms with Gasteiger partial charge >= 0.3 is 0 Å². The summed E-state index contributed by atoms with van der Waals surface area (Å²) in [4.78, 5) is 11.8. The van der Waals surface area contributed by atoms with Crippen LogP contribution in [0.25, 0.3) is 0 Å². The van der Waals surface area contributed by atoms with Crippen LogP contribution in [0.15, 0.2) is 0 Å². The quantitative estimate of drug-likeness (QED) is 0.171. The minimum atomic E-state index is -1.43. The van der Waals surface area contributed by atoms with Crippen molar-refractivity contribution < 1.29 is 39.4 Å². The largest absolute Gasteiger partial charge is 0.394 e. The van der Waals surface area contributed by atoms with Crippen LogP contribution >= 0.6 is 0 Å². The van der Waals surface area contributed by atoms with Crippen LogP contribution in [0.2, 0.25) is 0 Å². The molecule has 164 valence electrons. The van der Waals surface area contributed by atoms with Gasteiger partial charge in [0.25, 0.3) is 0 Å². The number of rotatable bonds is 11. The first-order valence-corrected chi connectivity index (χ1v) is 9.50. The Morgan fingerprint density at radius 1 is 1.32 bits per heavy atom. The first kappa shape index (κ1) is 23.4. The number of nitrogens with one attached hydrogen (secondary N) is 2. The summed E-state index contributed by atoms with van der Waals surface area (Å²) >= 11 is 0. The molecule has 1 saturated heterocycles. The molecule has 1 aliphatic carbocycles. The van der Waals surface area contributed by atoms with Gasteiger partial charge in [-0.25, -0.2) is 0 Å². The highest BCUT2D eigenvalue weighted by Crippen LogP contribution is 2.44. The molecule has 0 radical (unpaired) electrons. The van der Waals surface area contributed by atoms with E-state index < -0.39 is 68.1 Å². The first-order valence-electron chi connectivity index (χ1n) is 9.50. The van der Waals surface area contributed by atoms with Crippen LogP contribution < -0.4 is 16.4 Å². The van der Waals surface area contributed by atoms with Crippen molar-refractivity contribution in [2.45, 2.75) is 75.4 Å². The third-order valence-corrected chi connectivity index (χ3v) is 5.12. The van der Waals surface area contributed by atoms with Crippen LogP contribution in [0.3, 0.4) is 0 Å². The molecule has 1 saturated carbocycles. The first-order chi connectivity index (χ1) is 13.2. The molecule has 2 rings (SSSR count). The van der Waals surface area contributed by atoms with Crippen LogP contribution in [0, 0.1) is 5.92 Å². The third-order valence-electron chi connectivity index (χ3n) is 5.12. The standard InChI is InChI=1S/C17H33N3O8/c1-7(18)15(25)20-8(2)12(6-22)27-16(10(23)5-21)28-17-13(19-3)14(24)9-4-11(9)26-17/h7-14,16-17,19,21-24H,4-6,18H2,1-3H3,(H,20,25)/t7-,8-,9-,10-,11-,12?,13?,14?,16?,17?/m0/s1. The van der Waals surface area contributed by atoms with Crippen LogP contribution in [-0.4, -0.2) is 102 Å². The summed E-state index contributed by atoms with van der Waals surface area (Å²) in [5.41, 5.74) is 5.52. The zero-order valence-electron chi connectivity index (χ0n) is 16.4. The lowest BCUT2D eigenvalue weighted by atomic mass is 10.0. The molecular weight excluding hydrogens is 374 g/mol. The molecule has 2 fully saturated rings. The Labute approximate surface area is 164 Å². The fourth-order valence-corrected chi connectivity index (χ4v) is 3.19. The smallest absolute Gasteiger partial charge is 0.236 e. The molecule has 1 aliphatic heterocycles. The van der Waals surface area contributed by atoms with Gasteiger partial charge < -0.3 is 51.0 Å². The minimum absolute atomic E-state index is 0.0399. The molecule has 0 aromatic rings. The molecule has 5 unspecified atom stereocenters. The van der Waals surface area contributed by atoms with Crippen LogP contribution in [0.5, 0.6) is 0 Å². The Balaban J connectivity index is 2.04. The third kappa shape index (κ3) is 5.59. The molecule has 2 aliphatic rings. The summed E-state index contributed by atoms with van der Waals surface area (Å²) in [5, 5.41) is 45.0. The molecule has 11 heteroatoms. The number of aliphatic hydroxyl groups is 4. The Kier molecular flexibility index (Phi) is 8.55. The van der Waals surface area contributed by atoms with E-state index in [0.717, 1.165) is 0 Å². The molecule has 0 bridgehead atoms. The molecule has 1 heterocycles. The van der Waals surface area contributed by atoms with Gasteiger partial charge in [0.15, 0.2) is 12.6 Å². The number of hydrogen-bond donors (Lipinski definition) is 7. The molecule has 1 amide bonds. The predicted octanol–water partition coefficient (Wildman–Crippen LogP) is -3.39. The number of ether oxygens (including phenoxy) is 3. The summed E-state index contributed by atoms with van der Waals surface area (Å²) in [5.74, 6) is -0.387. The van der Waals surface area contributed by atoms with E-state index in [-0.39, 0.29) is 12.0 Å². The van der Waals surface area contributed by atoms with E-state index in [1.165, 1.54) is 6.92 Å². The van der Waals surface area contributed by atoms with Gasteiger partial charge in [0.2, 0.25) is 5.91 Å². The van der Waals surface area contributed by atoms with Gasteiger partial charge in [-0.3, -0.25) is 4.79 Å². The lowest BCUT2D eigenvalue weighted by Gasteiger charge is -2.38. The summed E-state index contributed by atoms with van der Waals surface area (Å²) in [6.07, 6.45) is -4.76. The van der Waals surface area contributed by atoms with Gasteiger partial charge in [-0.05, 0) is 27.3 Å². The van der Waals surface area contributed by atoms with Gasteiger partial charge in [0.05, 0.1) is 43.5 Å². The molecule has 8 N–H and O–H groups in total. The Morgan fingerprint density at radius 3 is 2.54 bits per heavy atom. The fourth-order valence-electron chi connectivity index (χ4n) is 3.19. The SMILES string of the molecule is CNC1C(OC(OC(CO)[C@H](C)NC(=O)[C@H](C)N)[C@@H](O)CO)O[C@H]2C[C@@H]2C1O. The summed E-state index contributed by atoms with van der Waals surface area (Å²) in [6.45, 7) is 1.99. The molecule has 0 aromatic carbocycles. The van der Waals surface area contributed by atoms with Crippen molar-refractivity contribution in [1.82, 2.24) is 10.6 Å². The average Bonchev–Trinajstić information content (AvgIpc) is 3.44. The van der Waals surface area contributed by atoms with E-state index in [0.29, 0.717) is 6.42 Å². The number of amides is 1.